The minimum absolute atomic E-state index is 0.0268. The molecular formula is C37H49N5O10S. The second kappa shape index (κ2) is 14.8. The molecule has 288 valence electrons. The third kappa shape index (κ3) is 9.21. The van der Waals surface area contributed by atoms with Crippen LogP contribution in [0.25, 0.3) is 10.8 Å². The van der Waals surface area contributed by atoms with Crippen LogP contribution in [-0.2, 0) is 33.6 Å². The summed E-state index contributed by atoms with van der Waals surface area (Å²) in [6.07, 6.45) is 8.23. The molecule has 2 aliphatic carbocycles. The molecular weight excluding hydrogens is 706 g/mol. The molecule has 53 heavy (non-hydrogen) atoms. The number of nitrogens with zero attached hydrogens (tertiary/aromatic N) is 2. The minimum atomic E-state index is -4.47. The first-order valence-electron chi connectivity index (χ1n) is 18.2. The Morgan fingerprint density at radius 3 is 2.58 bits per heavy atom. The van der Waals surface area contributed by atoms with Crippen LogP contribution in [0.4, 0.5) is 4.79 Å². The van der Waals surface area contributed by atoms with Gasteiger partial charge in [-0.05, 0) is 95.9 Å². The molecule has 2 aromatic rings. The van der Waals surface area contributed by atoms with Crippen molar-refractivity contribution >= 4 is 44.9 Å². The summed E-state index contributed by atoms with van der Waals surface area (Å²) in [4.78, 5) is 61.3. The van der Waals surface area contributed by atoms with Crippen LogP contribution in [0.3, 0.4) is 0 Å². The van der Waals surface area contributed by atoms with Crippen LogP contribution < -0.4 is 24.8 Å². The monoisotopic (exact) mass is 755 g/mol. The minimum Gasteiger partial charge on any atom is -0.497 e. The number of amides is 4. The van der Waals surface area contributed by atoms with Crippen molar-refractivity contribution in [3.8, 4) is 11.6 Å². The van der Waals surface area contributed by atoms with Gasteiger partial charge in [0, 0.05) is 23.9 Å². The van der Waals surface area contributed by atoms with Gasteiger partial charge in [0.1, 0.15) is 35.1 Å². The van der Waals surface area contributed by atoms with Gasteiger partial charge in [-0.2, -0.15) is 8.42 Å². The molecule has 3 heterocycles. The van der Waals surface area contributed by atoms with E-state index in [1.807, 2.05) is 35.1 Å². The molecule has 6 rings (SSSR count). The van der Waals surface area contributed by atoms with E-state index in [1.54, 1.807) is 47.1 Å². The predicted octanol–water partition coefficient (Wildman–Crippen LogP) is 3.81. The summed E-state index contributed by atoms with van der Waals surface area (Å²) in [6, 6.07) is 5.10. The summed E-state index contributed by atoms with van der Waals surface area (Å²) in [5, 5.41) is 7.07. The number of benzene rings is 1. The van der Waals surface area contributed by atoms with Crippen molar-refractivity contribution in [2.75, 3.05) is 13.7 Å². The van der Waals surface area contributed by atoms with E-state index in [4.69, 9.17) is 18.4 Å². The maximum atomic E-state index is 14.4. The molecule has 1 aromatic heterocycles. The first-order valence-corrected chi connectivity index (χ1v) is 19.6. The number of nitrogens with one attached hydrogen (secondary N) is 3. The van der Waals surface area contributed by atoms with Crippen LogP contribution in [0.2, 0.25) is 0 Å². The summed E-state index contributed by atoms with van der Waals surface area (Å²) in [7, 11) is -2.90. The molecule has 1 aromatic carbocycles. The lowest BCUT2D eigenvalue weighted by Gasteiger charge is -2.30. The van der Waals surface area contributed by atoms with Gasteiger partial charge in [-0.25, -0.2) is 18.7 Å². The summed E-state index contributed by atoms with van der Waals surface area (Å²) in [5.74, 6) is -1.63. The Balaban J connectivity index is 1.30. The van der Waals surface area contributed by atoms with Crippen molar-refractivity contribution in [2.24, 2.45) is 5.92 Å². The molecule has 5 atom stereocenters. The number of pyridine rings is 1. The Hall–Kier alpha value is -4.44. The van der Waals surface area contributed by atoms with Gasteiger partial charge < -0.3 is 29.7 Å². The summed E-state index contributed by atoms with van der Waals surface area (Å²) in [5.41, 5.74) is -3.27. The molecule has 1 saturated heterocycles. The van der Waals surface area contributed by atoms with Crippen LogP contribution in [0, 0.1) is 5.92 Å². The SMILES string of the molecule is COc1ccc2c(O[C@@H]3C[C@H]4C(=O)N[C@]5(C(=O)NS(=O)(=O)OC6(C)CC6)C[C@H]5C=CCCCCC[C@H](NC(=O)OC(C)(C)C)C(=O)N4C3)nccc2c1. The van der Waals surface area contributed by atoms with Crippen LogP contribution in [0.15, 0.2) is 42.6 Å². The molecule has 0 spiro atoms. The number of ether oxygens (including phenoxy) is 3. The average molecular weight is 756 g/mol. The number of rotatable bonds is 8. The van der Waals surface area contributed by atoms with E-state index in [2.05, 4.69) is 15.6 Å². The molecule has 0 radical (unpaired) electrons. The van der Waals surface area contributed by atoms with Crippen LogP contribution in [-0.4, -0.2) is 90.7 Å². The lowest BCUT2D eigenvalue weighted by Crippen LogP contribution is -2.58. The van der Waals surface area contributed by atoms with Crippen LogP contribution in [0.5, 0.6) is 11.6 Å². The van der Waals surface area contributed by atoms with Crippen molar-refractivity contribution in [1.29, 1.82) is 0 Å². The fourth-order valence-electron chi connectivity index (χ4n) is 6.87. The van der Waals surface area contributed by atoms with E-state index in [0.29, 0.717) is 49.1 Å². The highest BCUT2D eigenvalue weighted by Crippen LogP contribution is 2.46. The number of hydrogen-bond acceptors (Lipinski definition) is 11. The van der Waals surface area contributed by atoms with Gasteiger partial charge in [0.2, 0.25) is 17.7 Å². The van der Waals surface area contributed by atoms with E-state index in [0.717, 1.165) is 18.2 Å². The quantitative estimate of drug-likeness (QED) is 0.332. The Morgan fingerprint density at radius 1 is 1.09 bits per heavy atom. The average Bonchev–Trinajstić information content (AvgIpc) is 3.93. The van der Waals surface area contributed by atoms with Crippen molar-refractivity contribution in [2.45, 2.75) is 120 Å². The van der Waals surface area contributed by atoms with Gasteiger partial charge >= 0.3 is 16.4 Å². The molecule has 3 fully saturated rings. The molecule has 15 nitrogen and oxygen atoms in total. The molecule has 3 N–H and O–H groups in total. The topological polar surface area (TPSA) is 192 Å². The van der Waals surface area contributed by atoms with Crippen molar-refractivity contribution in [3.63, 3.8) is 0 Å². The van der Waals surface area contributed by atoms with E-state index >= 15 is 0 Å². The zero-order valence-corrected chi connectivity index (χ0v) is 31.6. The second-order valence-electron chi connectivity index (χ2n) is 15.6. The maximum Gasteiger partial charge on any atom is 0.408 e. The Bertz CT molecular complexity index is 1890. The highest BCUT2D eigenvalue weighted by molar-refractivity contribution is 7.85. The lowest BCUT2D eigenvalue weighted by atomic mass is 10.0. The highest BCUT2D eigenvalue weighted by atomic mass is 32.2. The Morgan fingerprint density at radius 2 is 1.87 bits per heavy atom. The molecule has 2 aliphatic heterocycles. The first-order chi connectivity index (χ1) is 25.0. The highest BCUT2D eigenvalue weighted by Gasteiger charge is 2.62. The smallest absolute Gasteiger partial charge is 0.408 e. The molecule has 2 saturated carbocycles. The summed E-state index contributed by atoms with van der Waals surface area (Å²) < 4.78 is 50.2. The number of hydrogen-bond donors (Lipinski definition) is 3. The fourth-order valence-corrected chi connectivity index (χ4v) is 8.02. The number of fused-ring (bicyclic) bond motifs is 3. The summed E-state index contributed by atoms with van der Waals surface area (Å²) in [6.45, 7) is 6.78. The van der Waals surface area contributed by atoms with Gasteiger partial charge in [0.15, 0.2) is 0 Å². The van der Waals surface area contributed by atoms with Gasteiger partial charge in [-0.3, -0.25) is 14.4 Å². The predicted molar refractivity (Wildman–Crippen MR) is 193 cm³/mol. The van der Waals surface area contributed by atoms with E-state index < -0.39 is 75.0 Å². The molecule has 16 heteroatoms. The van der Waals surface area contributed by atoms with Gasteiger partial charge in [-0.15, -0.1) is 0 Å². The molecule has 0 unspecified atom stereocenters. The first kappa shape index (κ1) is 38.3. The number of alkyl carbamates (subject to hydrolysis) is 1. The fraction of sp³-hybridized carbons (Fsp3) is 0.595. The Labute approximate surface area is 309 Å². The number of allylic oxidation sites excluding steroid dienone is 1. The second-order valence-corrected chi connectivity index (χ2v) is 16.9. The third-order valence-corrected chi connectivity index (χ3v) is 11.1. The van der Waals surface area contributed by atoms with E-state index in [9.17, 15) is 27.6 Å². The molecule has 4 aliphatic rings. The maximum absolute atomic E-state index is 14.4. The molecule has 0 bridgehead atoms. The standard InChI is InChI=1S/C37H49N5O10S/c1-35(2,3)51-34(46)39-28-12-10-8-6-7-9-11-24-21-37(24,33(45)41-53(47,48)52-36(4)16-17-36)40-30(43)29-20-26(22-42(29)32(28)44)50-31-27-14-13-25(49-5)19-23(27)15-18-38-31/h9,11,13-15,18-19,24,26,28-29H,6-8,10,12,16-17,20-22H2,1-5H3,(H,39,46)(H,40,43)(H,41,45)/t24-,26-,28+,29+,37-/m1/s1. The van der Waals surface area contributed by atoms with Crippen molar-refractivity contribution in [1.82, 2.24) is 25.2 Å². The van der Waals surface area contributed by atoms with E-state index in [1.165, 1.54) is 4.90 Å². The van der Waals surface area contributed by atoms with E-state index in [-0.39, 0.29) is 19.4 Å². The zero-order chi connectivity index (χ0) is 38.2. The number of methoxy groups -OCH3 is 1. The molecule has 4 amide bonds. The van der Waals surface area contributed by atoms with Gasteiger partial charge in [-0.1, -0.05) is 25.0 Å². The van der Waals surface area contributed by atoms with Crippen LogP contribution in [0.1, 0.15) is 85.5 Å². The van der Waals surface area contributed by atoms with Gasteiger partial charge in [0.05, 0.1) is 19.3 Å². The number of aromatic nitrogens is 1. The summed E-state index contributed by atoms with van der Waals surface area (Å²) >= 11 is 0. The third-order valence-electron chi connectivity index (χ3n) is 10.0. The zero-order valence-electron chi connectivity index (χ0n) is 30.8. The van der Waals surface area contributed by atoms with Crippen molar-refractivity contribution in [3.05, 3.63) is 42.6 Å². The number of carbonyl (C=O) groups excluding carboxylic acids is 4. The van der Waals surface area contributed by atoms with Gasteiger partial charge in [0.25, 0.3) is 5.91 Å². The van der Waals surface area contributed by atoms with Crippen molar-refractivity contribution < 1.29 is 46.0 Å². The number of carbonyl (C=O) groups is 4. The largest absolute Gasteiger partial charge is 0.497 e. The normalized spacial score (nSPS) is 27.3. The Kier molecular flexibility index (Phi) is 10.7. The van der Waals surface area contributed by atoms with Crippen LogP contribution >= 0.6 is 0 Å². The lowest BCUT2D eigenvalue weighted by molar-refractivity contribution is -0.141.